The van der Waals surface area contributed by atoms with E-state index in [9.17, 15) is 0 Å². The second-order valence-electron chi connectivity index (χ2n) is 4.07. The molecule has 2 heterocycles. The zero-order chi connectivity index (χ0) is 12.9. The summed E-state index contributed by atoms with van der Waals surface area (Å²) >= 11 is 1.62. The second kappa shape index (κ2) is 5.67. The average molecular weight is 271 g/mol. The van der Waals surface area contributed by atoms with Gasteiger partial charge in [-0.25, -0.2) is 0 Å². The standard InChI is InChI=1S/C14H13N3OS/c1-2-4-12(5-3-1)15-8-6-13-16-14(17-18-13)11-7-9-19-10-11/h1-5,7,9-10,15H,6,8H2. The fourth-order valence-corrected chi connectivity index (χ4v) is 2.37. The van der Waals surface area contributed by atoms with Crippen molar-refractivity contribution in [3.05, 3.63) is 53.0 Å². The molecule has 0 aliphatic heterocycles. The summed E-state index contributed by atoms with van der Waals surface area (Å²) in [5.41, 5.74) is 2.11. The van der Waals surface area contributed by atoms with Crippen LogP contribution in [0.15, 0.2) is 51.7 Å². The first-order valence-electron chi connectivity index (χ1n) is 6.06. The van der Waals surface area contributed by atoms with Gasteiger partial charge in [0.2, 0.25) is 11.7 Å². The van der Waals surface area contributed by atoms with Gasteiger partial charge in [0.05, 0.1) is 0 Å². The van der Waals surface area contributed by atoms with Crippen LogP contribution >= 0.6 is 11.3 Å². The predicted molar refractivity (Wildman–Crippen MR) is 76.2 cm³/mol. The molecule has 0 bridgehead atoms. The molecule has 3 aromatic rings. The Morgan fingerprint density at radius 1 is 1.16 bits per heavy atom. The summed E-state index contributed by atoms with van der Waals surface area (Å²) in [6.45, 7) is 0.773. The number of para-hydroxylation sites is 1. The van der Waals surface area contributed by atoms with E-state index in [1.165, 1.54) is 0 Å². The Labute approximate surface area is 115 Å². The summed E-state index contributed by atoms with van der Waals surface area (Å²) in [6, 6.07) is 12.1. The van der Waals surface area contributed by atoms with Crippen LogP contribution in [0.25, 0.3) is 11.4 Å². The molecule has 1 aromatic carbocycles. The van der Waals surface area contributed by atoms with Crippen LogP contribution in [-0.2, 0) is 6.42 Å². The van der Waals surface area contributed by atoms with Crippen LogP contribution in [-0.4, -0.2) is 16.7 Å². The highest BCUT2D eigenvalue weighted by Gasteiger charge is 2.08. The van der Waals surface area contributed by atoms with Gasteiger partial charge in [0, 0.05) is 29.6 Å². The zero-order valence-electron chi connectivity index (χ0n) is 10.2. The van der Waals surface area contributed by atoms with Crippen molar-refractivity contribution < 1.29 is 4.52 Å². The number of nitrogens with one attached hydrogen (secondary N) is 1. The number of hydrogen-bond donors (Lipinski definition) is 1. The highest BCUT2D eigenvalue weighted by Crippen LogP contribution is 2.18. The molecule has 0 saturated heterocycles. The molecule has 5 heteroatoms. The van der Waals surface area contributed by atoms with Gasteiger partial charge in [-0.1, -0.05) is 23.4 Å². The second-order valence-corrected chi connectivity index (χ2v) is 4.85. The van der Waals surface area contributed by atoms with Crippen LogP contribution in [0.3, 0.4) is 0 Å². The Bertz CT molecular complexity index is 619. The molecular formula is C14H13N3OS. The number of hydrogen-bond acceptors (Lipinski definition) is 5. The van der Waals surface area contributed by atoms with Gasteiger partial charge in [0.1, 0.15) is 0 Å². The first kappa shape index (κ1) is 11.9. The number of anilines is 1. The molecule has 19 heavy (non-hydrogen) atoms. The molecule has 0 atom stereocenters. The Balaban J connectivity index is 1.56. The molecular weight excluding hydrogens is 258 g/mol. The number of aromatic nitrogens is 2. The number of thiophene rings is 1. The summed E-state index contributed by atoms with van der Waals surface area (Å²) in [5, 5.41) is 11.3. The van der Waals surface area contributed by atoms with E-state index in [4.69, 9.17) is 4.52 Å². The lowest BCUT2D eigenvalue weighted by Crippen LogP contribution is -2.04. The smallest absolute Gasteiger partial charge is 0.228 e. The lowest BCUT2D eigenvalue weighted by molar-refractivity contribution is 0.381. The fraction of sp³-hybridized carbons (Fsp3) is 0.143. The topological polar surface area (TPSA) is 51.0 Å². The summed E-state index contributed by atoms with van der Waals surface area (Å²) in [5.74, 6) is 1.32. The van der Waals surface area contributed by atoms with Crippen molar-refractivity contribution in [1.29, 1.82) is 0 Å². The first-order chi connectivity index (χ1) is 9.42. The van der Waals surface area contributed by atoms with Crippen molar-refractivity contribution in [2.24, 2.45) is 0 Å². The number of rotatable bonds is 5. The van der Waals surface area contributed by atoms with Crippen LogP contribution in [0, 0.1) is 0 Å². The molecule has 0 unspecified atom stereocenters. The van der Waals surface area contributed by atoms with Gasteiger partial charge in [-0.05, 0) is 23.6 Å². The van der Waals surface area contributed by atoms with Crippen molar-refractivity contribution in [2.75, 3.05) is 11.9 Å². The average Bonchev–Trinajstić information content (AvgIpc) is 3.10. The summed E-state index contributed by atoms with van der Waals surface area (Å²) < 4.78 is 5.23. The monoisotopic (exact) mass is 271 g/mol. The van der Waals surface area contributed by atoms with Crippen molar-refractivity contribution in [1.82, 2.24) is 10.1 Å². The maximum Gasteiger partial charge on any atom is 0.228 e. The molecule has 0 fully saturated rings. The van der Waals surface area contributed by atoms with Gasteiger partial charge >= 0.3 is 0 Å². The van der Waals surface area contributed by atoms with Crippen molar-refractivity contribution >= 4 is 17.0 Å². The third-order valence-corrected chi connectivity index (χ3v) is 3.37. The summed E-state index contributed by atoms with van der Waals surface area (Å²) in [6.07, 6.45) is 0.714. The Kier molecular flexibility index (Phi) is 3.56. The lowest BCUT2D eigenvalue weighted by atomic mass is 10.3. The maximum absolute atomic E-state index is 5.23. The van der Waals surface area contributed by atoms with Crippen molar-refractivity contribution in [2.45, 2.75) is 6.42 Å². The van der Waals surface area contributed by atoms with Gasteiger partial charge in [0.15, 0.2) is 0 Å². The molecule has 96 valence electrons. The molecule has 4 nitrogen and oxygen atoms in total. The van der Waals surface area contributed by atoms with Gasteiger partial charge in [-0.15, -0.1) is 0 Å². The zero-order valence-corrected chi connectivity index (χ0v) is 11.1. The van der Waals surface area contributed by atoms with Crippen LogP contribution < -0.4 is 5.32 Å². The van der Waals surface area contributed by atoms with E-state index in [-0.39, 0.29) is 0 Å². The van der Waals surface area contributed by atoms with E-state index >= 15 is 0 Å². The SMILES string of the molecule is c1ccc(NCCc2nc(-c3ccsc3)no2)cc1. The quantitative estimate of drug-likeness (QED) is 0.772. The molecule has 2 aromatic heterocycles. The van der Waals surface area contributed by atoms with Crippen molar-refractivity contribution in [3.63, 3.8) is 0 Å². The van der Waals surface area contributed by atoms with Crippen LogP contribution in [0.4, 0.5) is 5.69 Å². The fourth-order valence-electron chi connectivity index (χ4n) is 1.74. The number of nitrogens with zero attached hydrogens (tertiary/aromatic N) is 2. The molecule has 0 amide bonds. The molecule has 0 spiro atoms. The highest BCUT2D eigenvalue weighted by molar-refractivity contribution is 7.08. The number of benzene rings is 1. The molecule has 0 saturated carbocycles. The van der Waals surface area contributed by atoms with Crippen LogP contribution in [0.1, 0.15) is 5.89 Å². The Hall–Kier alpha value is -2.14. The van der Waals surface area contributed by atoms with Gasteiger partial charge in [-0.3, -0.25) is 0 Å². The molecule has 0 aliphatic rings. The lowest BCUT2D eigenvalue weighted by Gasteiger charge is -2.02. The Morgan fingerprint density at radius 3 is 2.84 bits per heavy atom. The van der Waals surface area contributed by atoms with Crippen molar-refractivity contribution in [3.8, 4) is 11.4 Å². The highest BCUT2D eigenvalue weighted by atomic mass is 32.1. The van der Waals surface area contributed by atoms with E-state index in [2.05, 4.69) is 15.5 Å². The normalized spacial score (nSPS) is 10.5. The predicted octanol–water partition coefficient (Wildman–Crippen LogP) is 3.45. The van der Waals surface area contributed by atoms with Gasteiger partial charge < -0.3 is 9.84 Å². The maximum atomic E-state index is 5.23. The summed E-state index contributed by atoms with van der Waals surface area (Å²) in [4.78, 5) is 4.37. The molecule has 3 rings (SSSR count). The molecule has 0 radical (unpaired) electrons. The largest absolute Gasteiger partial charge is 0.385 e. The van der Waals surface area contributed by atoms with E-state index in [1.54, 1.807) is 11.3 Å². The van der Waals surface area contributed by atoms with Gasteiger partial charge in [-0.2, -0.15) is 16.3 Å². The minimum atomic E-state index is 0.657. The van der Waals surface area contributed by atoms with E-state index in [0.717, 1.165) is 17.8 Å². The third kappa shape index (κ3) is 3.00. The van der Waals surface area contributed by atoms with E-state index < -0.39 is 0 Å². The third-order valence-electron chi connectivity index (χ3n) is 2.69. The van der Waals surface area contributed by atoms with Crippen LogP contribution in [0.2, 0.25) is 0 Å². The Morgan fingerprint density at radius 2 is 2.05 bits per heavy atom. The van der Waals surface area contributed by atoms with Crippen LogP contribution in [0.5, 0.6) is 0 Å². The molecule has 1 N–H and O–H groups in total. The van der Waals surface area contributed by atoms with E-state index in [0.29, 0.717) is 18.1 Å². The summed E-state index contributed by atoms with van der Waals surface area (Å²) in [7, 11) is 0. The minimum Gasteiger partial charge on any atom is -0.385 e. The van der Waals surface area contributed by atoms with Gasteiger partial charge in [0.25, 0.3) is 0 Å². The van der Waals surface area contributed by atoms with E-state index in [1.807, 2.05) is 47.2 Å². The first-order valence-corrected chi connectivity index (χ1v) is 7.00. The molecule has 0 aliphatic carbocycles. The minimum absolute atomic E-state index is 0.657.